The molecule has 2 heterocycles. The summed E-state index contributed by atoms with van der Waals surface area (Å²) in [7, 11) is 1.70. The van der Waals surface area contributed by atoms with E-state index in [0.717, 1.165) is 73.9 Å². The maximum Gasteiger partial charge on any atom is 0.124 e. The Bertz CT molecular complexity index is 1210. The van der Waals surface area contributed by atoms with Gasteiger partial charge in [0.15, 0.2) is 0 Å². The number of benzene rings is 3. The van der Waals surface area contributed by atoms with E-state index >= 15 is 0 Å². The maximum absolute atomic E-state index is 13.4. The molecule has 0 unspecified atom stereocenters. The van der Waals surface area contributed by atoms with Gasteiger partial charge in [0.25, 0.3) is 0 Å². The van der Waals surface area contributed by atoms with Gasteiger partial charge in [-0.3, -0.25) is 4.90 Å². The number of ether oxygens (including phenoxy) is 1. The molecule has 0 atom stereocenters. The normalized spacial score (nSPS) is 15.1. The van der Waals surface area contributed by atoms with Crippen molar-refractivity contribution in [3.05, 3.63) is 95.6 Å². The SMILES string of the molecule is COc1ccc(CCN2CCN(Cc3nc4ccccc4n3Cc3ccc(F)cc3)CC2)cc1. The third kappa shape index (κ3) is 5.29. The van der Waals surface area contributed by atoms with Gasteiger partial charge in [0.05, 0.1) is 24.7 Å². The molecule has 0 saturated carbocycles. The van der Waals surface area contributed by atoms with Gasteiger partial charge in [-0.15, -0.1) is 0 Å². The van der Waals surface area contributed by atoms with E-state index in [-0.39, 0.29) is 5.82 Å². The number of nitrogens with zero attached hydrogens (tertiary/aromatic N) is 4. The second-order valence-electron chi connectivity index (χ2n) is 8.95. The number of rotatable bonds is 8. The summed E-state index contributed by atoms with van der Waals surface area (Å²) in [5.41, 5.74) is 4.56. The summed E-state index contributed by atoms with van der Waals surface area (Å²) < 4.78 is 20.9. The zero-order chi connectivity index (χ0) is 23.3. The topological polar surface area (TPSA) is 33.5 Å². The summed E-state index contributed by atoms with van der Waals surface area (Å²) in [6.07, 6.45) is 1.05. The van der Waals surface area contributed by atoms with Crippen LogP contribution < -0.4 is 4.74 Å². The molecule has 1 aromatic heterocycles. The molecule has 0 spiro atoms. The number of fused-ring (bicyclic) bond motifs is 1. The van der Waals surface area contributed by atoms with E-state index in [1.165, 1.54) is 17.7 Å². The Morgan fingerprint density at radius 1 is 0.794 bits per heavy atom. The molecular weight excluding hydrogens is 427 g/mol. The van der Waals surface area contributed by atoms with E-state index in [1.807, 2.05) is 30.3 Å². The molecule has 0 radical (unpaired) electrons. The zero-order valence-electron chi connectivity index (χ0n) is 19.7. The fourth-order valence-corrected chi connectivity index (χ4v) is 4.65. The molecule has 6 heteroatoms. The summed E-state index contributed by atoms with van der Waals surface area (Å²) in [6, 6.07) is 23.4. The number of hydrogen-bond donors (Lipinski definition) is 0. The average Bonchev–Trinajstić information content (AvgIpc) is 3.22. The Balaban J connectivity index is 1.21. The molecule has 1 fully saturated rings. The molecule has 0 aliphatic carbocycles. The minimum Gasteiger partial charge on any atom is -0.497 e. The molecule has 5 nitrogen and oxygen atoms in total. The van der Waals surface area contributed by atoms with Crippen LogP contribution in [0.1, 0.15) is 17.0 Å². The summed E-state index contributed by atoms with van der Waals surface area (Å²) >= 11 is 0. The van der Waals surface area contributed by atoms with Crippen molar-refractivity contribution in [1.82, 2.24) is 19.4 Å². The Morgan fingerprint density at radius 3 is 2.21 bits per heavy atom. The van der Waals surface area contributed by atoms with Crippen molar-refractivity contribution in [2.75, 3.05) is 39.8 Å². The lowest BCUT2D eigenvalue weighted by molar-refractivity contribution is 0.125. The lowest BCUT2D eigenvalue weighted by Gasteiger charge is -2.34. The summed E-state index contributed by atoms with van der Waals surface area (Å²) in [5.74, 6) is 1.77. The van der Waals surface area contributed by atoms with E-state index in [0.29, 0.717) is 6.54 Å². The van der Waals surface area contributed by atoms with Gasteiger partial charge in [0.1, 0.15) is 17.4 Å². The number of methoxy groups -OCH3 is 1. The van der Waals surface area contributed by atoms with Gasteiger partial charge >= 0.3 is 0 Å². The van der Waals surface area contributed by atoms with Crippen LogP contribution in [0, 0.1) is 5.82 Å². The number of aromatic nitrogens is 2. The summed E-state index contributed by atoms with van der Waals surface area (Å²) in [5, 5.41) is 0. The van der Waals surface area contributed by atoms with Crippen LogP contribution >= 0.6 is 0 Å². The second-order valence-corrected chi connectivity index (χ2v) is 8.95. The molecule has 1 aliphatic heterocycles. The Labute approximate surface area is 200 Å². The van der Waals surface area contributed by atoms with Crippen LogP contribution in [-0.4, -0.2) is 59.2 Å². The maximum atomic E-state index is 13.4. The van der Waals surface area contributed by atoms with E-state index in [4.69, 9.17) is 9.72 Å². The predicted octanol–water partition coefficient (Wildman–Crippen LogP) is 4.59. The molecule has 176 valence electrons. The van der Waals surface area contributed by atoms with Crippen molar-refractivity contribution < 1.29 is 9.13 Å². The fourth-order valence-electron chi connectivity index (χ4n) is 4.65. The van der Waals surface area contributed by atoms with Gasteiger partial charge < -0.3 is 14.2 Å². The third-order valence-corrected chi connectivity index (χ3v) is 6.69. The van der Waals surface area contributed by atoms with E-state index in [9.17, 15) is 4.39 Å². The van der Waals surface area contributed by atoms with Crippen LogP contribution in [-0.2, 0) is 19.5 Å². The predicted molar refractivity (Wildman–Crippen MR) is 134 cm³/mol. The first-order valence-electron chi connectivity index (χ1n) is 11.9. The molecule has 3 aromatic carbocycles. The fraction of sp³-hybridized carbons (Fsp3) is 0.321. The highest BCUT2D eigenvalue weighted by Gasteiger charge is 2.20. The molecule has 34 heavy (non-hydrogen) atoms. The number of halogens is 1. The third-order valence-electron chi connectivity index (χ3n) is 6.69. The lowest BCUT2D eigenvalue weighted by atomic mass is 10.1. The molecule has 1 aliphatic rings. The lowest BCUT2D eigenvalue weighted by Crippen LogP contribution is -2.46. The van der Waals surface area contributed by atoms with Crippen molar-refractivity contribution >= 4 is 11.0 Å². The first-order valence-corrected chi connectivity index (χ1v) is 11.9. The zero-order valence-corrected chi connectivity index (χ0v) is 19.7. The van der Waals surface area contributed by atoms with Gasteiger partial charge in [0, 0.05) is 39.3 Å². The first-order chi connectivity index (χ1) is 16.7. The monoisotopic (exact) mass is 458 g/mol. The van der Waals surface area contributed by atoms with E-state index in [1.54, 1.807) is 7.11 Å². The van der Waals surface area contributed by atoms with Gasteiger partial charge in [-0.05, 0) is 53.9 Å². The average molecular weight is 459 g/mol. The Morgan fingerprint density at radius 2 is 1.47 bits per heavy atom. The van der Waals surface area contributed by atoms with E-state index in [2.05, 4.69) is 44.7 Å². The number of imidazole rings is 1. The van der Waals surface area contributed by atoms with Crippen LogP contribution in [0.25, 0.3) is 11.0 Å². The van der Waals surface area contributed by atoms with Crippen LogP contribution in [0.5, 0.6) is 5.75 Å². The summed E-state index contributed by atoms with van der Waals surface area (Å²) in [6.45, 7) is 6.77. The first kappa shape index (κ1) is 22.6. The van der Waals surface area contributed by atoms with Crippen molar-refractivity contribution in [2.24, 2.45) is 0 Å². The molecule has 4 aromatic rings. The van der Waals surface area contributed by atoms with Gasteiger partial charge in [0.2, 0.25) is 0 Å². The number of para-hydroxylation sites is 2. The smallest absolute Gasteiger partial charge is 0.124 e. The van der Waals surface area contributed by atoms with Crippen molar-refractivity contribution in [2.45, 2.75) is 19.5 Å². The highest BCUT2D eigenvalue weighted by Crippen LogP contribution is 2.20. The molecule has 0 amide bonds. The number of hydrogen-bond acceptors (Lipinski definition) is 4. The van der Waals surface area contributed by atoms with Crippen LogP contribution in [0.15, 0.2) is 72.8 Å². The minimum atomic E-state index is -0.204. The largest absolute Gasteiger partial charge is 0.497 e. The van der Waals surface area contributed by atoms with Crippen LogP contribution in [0.4, 0.5) is 4.39 Å². The van der Waals surface area contributed by atoms with Crippen LogP contribution in [0.3, 0.4) is 0 Å². The Kier molecular flexibility index (Phi) is 6.88. The van der Waals surface area contributed by atoms with Crippen molar-refractivity contribution in [3.63, 3.8) is 0 Å². The molecule has 0 N–H and O–H groups in total. The number of piperazine rings is 1. The second kappa shape index (κ2) is 10.4. The van der Waals surface area contributed by atoms with Gasteiger partial charge in [-0.1, -0.05) is 36.4 Å². The van der Waals surface area contributed by atoms with Gasteiger partial charge in [-0.25, -0.2) is 9.37 Å². The quantitative estimate of drug-likeness (QED) is 0.387. The standard InChI is InChI=1S/C28H31FN4O/c1-34-25-12-8-22(9-13-25)14-15-31-16-18-32(19-17-31)21-28-30-26-4-2-3-5-27(26)33(28)20-23-6-10-24(29)11-7-23/h2-13H,14-21H2,1H3. The molecule has 5 rings (SSSR count). The van der Waals surface area contributed by atoms with Crippen molar-refractivity contribution in [3.8, 4) is 5.75 Å². The summed E-state index contributed by atoms with van der Waals surface area (Å²) in [4.78, 5) is 9.99. The van der Waals surface area contributed by atoms with Crippen LogP contribution in [0.2, 0.25) is 0 Å². The highest BCUT2D eigenvalue weighted by atomic mass is 19.1. The molecular formula is C28H31FN4O. The minimum absolute atomic E-state index is 0.204. The molecule has 0 bridgehead atoms. The van der Waals surface area contributed by atoms with Gasteiger partial charge in [-0.2, -0.15) is 0 Å². The molecule has 1 saturated heterocycles. The highest BCUT2D eigenvalue weighted by molar-refractivity contribution is 5.76. The van der Waals surface area contributed by atoms with Crippen molar-refractivity contribution in [1.29, 1.82) is 0 Å². The van der Waals surface area contributed by atoms with E-state index < -0.39 is 0 Å². The Hall–Kier alpha value is -3.22.